The van der Waals surface area contributed by atoms with Crippen molar-refractivity contribution in [2.75, 3.05) is 20.2 Å². The van der Waals surface area contributed by atoms with Crippen LogP contribution >= 0.6 is 0 Å². The van der Waals surface area contributed by atoms with E-state index in [2.05, 4.69) is 9.97 Å². The van der Waals surface area contributed by atoms with Crippen molar-refractivity contribution in [2.24, 2.45) is 0 Å². The Labute approximate surface area is 415 Å². The van der Waals surface area contributed by atoms with E-state index in [1.54, 1.807) is 41.5 Å². The van der Waals surface area contributed by atoms with Crippen molar-refractivity contribution >= 4 is 35.7 Å². The summed E-state index contributed by atoms with van der Waals surface area (Å²) < 4.78 is 121. The molecule has 2 amide bonds. The number of carbonyl (C=O) groups is 6. The summed E-state index contributed by atoms with van der Waals surface area (Å²) in [5.41, 5.74) is -1.53. The zero-order chi connectivity index (χ0) is 54.4. The summed E-state index contributed by atoms with van der Waals surface area (Å²) in [4.78, 5) is 85.2. The summed E-state index contributed by atoms with van der Waals surface area (Å²) in [5, 5.41) is 9.52. The zero-order valence-electron chi connectivity index (χ0n) is 40.8. The number of rotatable bonds is 12. The van der Waals surface area contributed by atoms with Crippen LogP contribution in [0.2, 0.25) is 0 Å². The molecule has 14 nitrogen and oxygen atoms in total. The minimum absolute atomic E-state index is 0.0367. The van der Waals surface area contributed by atoms with Crippen molar-refractivity contribution in [3.8, 4) is 22.5 Å². The van der Waals surface area contributed by atoms with Gasteiger partial charge in [0.15, 0.2) is 11.6 Å². The molecular weight excluding hydrogens is 981 g/mol. The number of carboxylic acids is 1. The Hall–Kier alpha value is -7.00. The second-order valence-electron chi connectivity index (χ2n) is 19.3. The van der Waals surface area contributed by atoms with Crippen LogP contribution in [0.5, 0.6) is 0 Å². The van der Waals surface area contributed by atoms with Gasteiger partial charge in [0.05, 0.1) is 65.9 Å². The third kappa shape index (κ3) is 15.5. The second kappa shape index (κ2) is 22.8. The number of likely N-dealkylation sites (tertiary alicyclic amines) is 2. The van der Waals surface area contributed by atoms with Crippen LogP contribution in [-0.4, -0.2) is 116 Å². The molecule has 6 rings (SSSR count). The van der Waals surface area contributed by atoms with Crippen molar-refractivity contribution in [1.29, 1.82) is 0 Å². The number of aromatic nitrogens is 2. The fraction of sp³-hybridized carbons (Fsp3) is 0.451. The molecule has 0 spiro atoms. The number of benzene rings is 2. The first-order valence-electron chi connectivity index (χ1n) is 22.8. The topological polar surface area (TPSA) is 183 Å². The Morgan fingerprint density at radius 1 is 0.603 bits per heavy atom. The maximum absolute atomic E-state index is 14.2. The fourth-order valence-electron chi connectivity index (χ4n) is 7.94. The highest BCUT2D eigenvalue weighted by molar-refractivity contribution is 5.93. The molecule has 0 bridgehead atoms. The predicted octanol–water partition coefficient (Wildman–Crippen LogP) is 10.7. The lowest BCUT2D eigenvalue weighted by atomic mass is 9.97. The summed E-state index contributed by atoms with van der Waals surface area (Å²) in [7, 11) is 1.18. The Morgan fingerprint density at radius 3 is 1.29 bits per heavy atom. The molecule has 22 heteroatoms. The first kappa shape index (κ1) is 56.9. The SMILES string of the molecule is CC(C)(C)OC(=O)N1C[C@H](F)C[C@H]1C(=O)CCc1cc(-c2ccc(C(F)(F)F)cc2)ncc1C(=O)O.COC(=O)c1cnc(-c2ccc(C(F)(F)F)cc2)cc1CCC(=O)[C@@H]1C[C@@H](F)CN1C(=O)OC(C)(C)C. The molecule has 394 valence electrons. The lowest BCUT2D eigenvalue weighted by Crippen LogP contribution is -2.43. The minimum Gasteiger partial charge on any atom is -0.478 e. The highest BCUT2D eigenvalue weighted by atomic mass is 19.4. The highest BCUT2D eigenvalue weighted by Gasteiger charge is 2.43. The molecule has 2 fully saturated rings. The third-order valence-electron chi connectivity index (χ3n) is 11.4. The number of methoxy groups -OCH3 is 1. The van der Waals surface area contributed by atoms with Crippen LogP contribution in [0.1, 0.15) is 110 Å². The minimum atomic E-state index is -4.50. The van der Waals surface area contributed by atoms with E-state index in [-0.39, 0.29) is 74.0 Å². The van der Waals surface area contributed by atoms with Gasteiger partial charge in [-0.15, -0.1) is 0 Å². The van der Waals surface area contributed by atoms with E-state index in [1.165, 1.54) is 49.7 Å². The average molecular weight is 1030 g/mol. The van der Waals surface area contributed by atoms with Crippen LogP contribution < -0.4 is 0 Å². The molecule has 2 aromatic heterocycles. The van der Waals surface area contributed by atoms with Gasteiger partial charge in [0.1, 0.15) is 23.5 Å². The van der Waals surface area contributed by atoms with E-state index in [0.717, 1.165) is 40.3 Å². The summed E-state index contributed by atoms with van der Waals surface area (Å²) in [6, 6.07) is 9.44. The van der Waals surface area contributed by atoms with Crippen LogP contribution in [0.25, 0.3) is 22.5 Å². The van der Waals surface area contributed by atoms with Gasteiger partial charge < -0.3 is 19.3 Å². The number of amides is 2. The van der Waals surface area contributed by atoms with Crippen LogP contribution in [0.4, 0.5) is 44.7 Å². The molecule has 2 saturated heterocycles. The summed E-state index contributed by atoms with van der Waals surface area (Å²) in [6.07, 6.45) is -11.7. The average Bonchev–Trinajstić information content (AvgIpc) is 3.91. The number of pyridine rings is 2. The van der Waals surface area contributed by atoms with Crippen LogP contribution in [0.3, 0.4) is 0 Å². The van der Waals surface area contributed by atoms with Gasteiger partial charge in [-0.3, -0.25) is 29.4 Å². The van der Waals surface area contributed by atoms with Gasteiger partial charge >= 0.3 is 36.5 Å². The number of hydrogen-bond acceptors (Lipinski definition) is 11. The summed E-state index contributed by atoms with van der Waals surface area (Å²) >= 11 is 0. The van der Waals surface area contributed by atoms with Crippen molar-refractivity contribution in [1.82, 2.24) is 19.8 Å². The standard InChI is InChI=1S/C26H28F4N2O5.C25H26F4N2O5/c1-25(2,3)37-24(35)32-14-18(27)12-21(32)22(33)10-7-16-11-20(31-13-19(16)23(34)36-4)15-5-8-17(9-6-15)26(28,29)30;1-24(2,3)36-23(35)31-13-17(26)11-20(31)21(32)9-6-15-10-19(30-12-18(15)22(33)34)14-4-7-16(8-5-14)25(27,28)29/h5-6,8-9,11,13,18,21H,7,10,12,14H2,1-4H3;4-5,7-8,10,12,17,20H,6,9,11,13H2,1-3H3,(H,33,34)/t18-,21+;17-,20+/m11/s1. The Kier molecular flexibility index (Phi) is 17.8. The van der Waals surface area contributed by atoms with Crippen LogP contribution in [0.15, 0.2) is 73.1 Å². The quantitative estimate of drug-likeness (QED) is 0.0806. The number of ketones is 2. The largest absolute Gasteiger partial charge is 0.478 e. The van der Waals surface area contributed by atoms with E-state index < -0.39 is 94.8 Å². The number of esters is 1. The molecule has 0 saturated carbocycles. The normalized spacial score (nSPS) is 18.1. The van der Waals surface area contributed by atoms with Crippen molar-refractivity contribution in [3.05, 3.63) is 106 Å². The Bertz CT molecular complexity index is 2670. The number of halogens is 8. The molecule has 2 aromatic carbocycles. The van der Waals surface area contributed by atoms with Gasteiger partial charge in [0, 0.05) is 49.2 Å². The number of aryl methyl sites for hydroxylation is 2. The molecule has 2 aliphatic heterocycles. The Balaban J connectivity index is 0.000000271. The molecule has 1 N–H and O–H groups in total. The number of hydrogen-bond donors (Lipinski definition) is 1. The van der Waals surface area contributed by atoms with E-state index in [4.69, 9.17) is 14.2 Å². The van der Waals surface area contributed by atoms with Gasteiger partial charge in [0.2, 0.25) is 0 Å². The lowest BCUT2D eigenvalue weighted by molar-refractivity contribution is -0.138. The molecule has 2 aliphatic rings. The summed E-state index contributed by atoms with van der Waals surface area (Å²) in [6.45, 7) is 9.40. The highest BCUT2D eigenvalue weighted by Crippen LogP contribution is 2.34. The van der Waals surface area contributed by atoms with E-state index in [0.29, 0.717) is 22.4 Å². The first-order valence-corrected chi connectivity index (χ1v) is 22.8. The van der Waals surface area contributed by atoms with Gasteiger partial charge in [-0.25, -0.2) is 28.0 Å². The number of Topliss-reactive ketones (excluding diaryl/α,β-unsaturated/α-hetero) is 2. The van der Waals surface area contributed by atoms with Crippen molar-refractivity contribution in [2.45, 2.75) is 128 Å². The zero-order valence-corrected chi connectivity index (χ0v) is 40.8. The molecule has 0 aliphatic carbocycles. The molecule has 0 unspecified atom stereocenters. The molecule has 73 heavy (non-hydrogen) atoms. The lowest BCUT2D eigenvalue weighted by Gasteiger charge is -2.27. The number of carbonyl (C=O) groups excluding carboxylic acids is 5. The maximum Gasteiger partial charge on any atom is 0.416 e. The Morgan fingerprint density at radius 2 is 0.959 bits per heavy atom. The molecular formula is C51H54F8N4O10. The predicted molar refractivity (Wildman–Crippen MR) is 247 cm³/mol. The van der Waals surface area contributed by atoms with Gasteiger partial charge in [-0.2, -0.15) is 26.3 Å². The number of alkyl halides is 8. The van der Waals surface area contributed by atoms with Crippen LogP contribution in [-0.2, 0) is 49.0 Å². The van der Waals surface area contributed by atoms with Gasteiger partial charge in [-0.05, 0) is 102 Å². The van der Waals surface area contributed by atoms with E-state index in [1.807, 2.05) is 0 Å². The van der Waals surface area contributed by atoms with E-state index in [9.17, 15) is 69.0 Å². The molecule has 4 heterocycles. The smallest absolute Gasteiger partial charge is 0.416 e. The second-order valence-corrected chi connectivity index (χ2v) is 19.3. The number of aromatic carboxylic acids is 1. The van der Waals surface area contributed by atoms with E-state index >= 15 is 0 Å². The van der Waals surface area contributed by atoms with Crippen molar-refractivity contribution in [3.63, 3.8) is 0 Å². The molecule has 0 radical (unpaired) electrons. The first-order chi connectivity index (χ1) is 33.8. The maximum atomic E-state index is 14.2. The molecule has 4 aromatic rings. The van der Waals surface area contributed by atoms with Crippen LogP contribution in [0, 0.1) is 0 Å². The van der Waals surface area contributed by atoms with Gasteiger partial charge in [0.25, 0.3) is 0 Å². The summed E-state index contributed by atoms with van der Waals surface area (Å²) in [5.74, 6) is -2.85. The number of nitrogens with zero attached hydrogens (tertiary/aromatic N) is 4. The third-order valence-corrected chi connectivity index (χ3v) is 11.4. The number of ether oxygens (including phenoxy) is 3. The van der Waals surface area contributed by atoms with Crippen molar-refractivity contribution < 1.29 is 83.2 Å². The number of carboxylic acid groups (broad SMARTS) is 1. The fourth-order valence-corrected chi connectivity index (χ4v) is 7.94. The van der Waals surface area contributed by atoms with Gasteiger partial charge in [-0.1, -0.05) is 24.3 Å². The molecule has 4 atom stereocenters. The monoisotopic (exact) mass is 1030 g/mol.